The van der Waals surface area contributed by atoms with E-state index in [1.165, 1.54) is 6.07 Å². The molecule has 0 saturated heterocycles. The van der Waals surface area contributed by atoms with Crippen molar-refractivity contribution >= 4 is 27.6 Å². The molecule has 0 bridgehead atoms. The van der Waals surface area contributed by atoms with E-state index >= 15 is 0 Å². The number of benzene rings is 1. The van der Waals surface area contributed by atoms with Gasteiger partial charge in [0.2, 0.25) is 5.89 Å². The minimum atomic E-state index is -0.407. The van der Waals surface area contributed by atoms with Crippen LogP contribution in [-0.4, -0.2) is 10.2 Å². The molecule has 3 N–H and O–H groups in total. The number of nitrogens with zero attached hydrogens (tertiary/aromatic N) is 2. The summed E-state index contributed by atoms with van der Waals surface area (Å²) in [6.45, 7) is 0.148. The fourth-order valence-corrected chi connectivity index (χ4v) is 1.46. The van der Waals surface area contributed by atoms with Gasteiger partial charge in [-0.2, -0.15) is 0 Å². The van der Waals surface area contributed by atoms with Crippen molar-refractivity contribution in [3.63, 3.8) is 0 Å². The van der Waals surface area contributed by atoms with Gasteiger partial charge in [-0.15, -0.1) is 5.10 Å². The molecule has 1 aromatic carbocycles. The number of anilines is 2. The maximum atomic E-state index is 13.3. The van der Waals surface area contributed by atoms with E-state index in [0.29, 0.717) is 0 Å². The Balaban J connectivity index is 2.22. The van der Waals surface area contributed by atoms with Gasteiger partial charge in [-0.25, -0.2) is 4.39 Å². The fraction of sp³-hybridized carbons (Fsp3) is 0.111. The maximum absolute atomic E-state index is 13.3. The van der Waals surface area contributed by atoms with Crippen molar-refractivity contribution in [3.05, 3.63) is 34.4 Å². The van der Waals surface area contributed by atoms with Gasteiger partial charge in [0, 0.05) is 4.47 Å². The first-order valence-electron chi connectivity index (χ1n) is 4.43. The highest BCUT2D eigenvalue weighted by Crippen LogP contribution is 2.23. The summed E-state index contributed by atoms with van der Waals surface area (Å²) in [5.41, 5.74) is 5.56. The third-order valence-electron chi connectivity index (χ3n) is 1.81. The Morgan fingerprint density at radius 1 is 1.44 bits per heavy atom. The molecule has 16 heavy (non-hydrogen) atoms. The Labute approximate surface area is 99.0 Å². The summed E-state index contributed by atoms with van der Waals surface area (Å²) in [6.07, 6.45) is 0. The molecule has 7 heteroatoms. The fourth-order valence-electron chi connectivity index (χ4n) is 1.10. The zero-order valence-corrected chi connectivity index (χ0v) is 9.66. The van der Waals surface area contributed by atoms with Crippen LogP contribution in [-0.2, 0) is 6.54 Å². The summed E-state index contributed by atoms with van der Waals surface area (Å²) < 4.78 is 19.2. The quantitative estimate of drug-likeness (QED) is 0.904. The molecule has 0 atom stereocenters. The third-order valence-corrected chi connectivity index (χ3v) is 2.30. The van der Waals surface area contributed by atoms with Crippen LogP contribution in [0.2, 0.25) is 0 Å². The van der Waals surface area contributed by atoms with E-state index in [1.807, 2.05) is 0 Å². The van der Waals surface area contributed by atoms with E-state index in [9.17, 15) is 4.39 Å². The van der Waals surface area contributed by atoms with Crippen molar-refractivity contribution in [2.75, 3.05) is 5.32 Å². The normalized spacial score (nSPS) is 10.4. The van der Waals surface area contributed by atoms with Crippen LogP contribution in [0.1, 0.15) is 5.89 Å². The summed E-state index contributed by atoms with van der Waals surface area (Å²) in [5.74, 6) is -0.117. The Morgan fingerprint density at radius 2 is 2.25 bits per heavy atom. The lowest BCUT2D eigenvalue weighted by atomic mass is 10.3. The molecule has 5 nitrogen and oxygen atoms in total. The van der Waals surface area contributed by atoms with Crippen LogP contribution in [0.3, 0.4) is 0 Å². The van der Waals surface area contributed by atoms with Crippen molar-refractivity contribution in [1.82, 2.24) is 10.2 Å². The molecule has 0 aliphatic heterocycles. The molecule has 0 radical (unpaired) electrons. The van der Waals surface area contributed by atoms with Gasteiger partial charge in [-0.3, -0.25) is 0 Å². The van der Waals surface area contributed by atoms with E-state index in [2.05, 4.69) is 31.4 Å². The average molecular weight is 287 g/mol. The summed E-state index contributed by atoms with van der Waals surface area (Å²) in [7, 11) is 0. The Morgan fingerprint density at radius 3 is 2.94 bits per heavy atom. The third kappa shape index (κ3) is 2.37. The molecular formula is C9H8BrFN4O. The highest BCUT2D eigenvalue weighted by atomic mass is 79.9. The van der Waals surface area contributed by atoms with Crippen molar-refractivity contribution < 1.29 is 8.81 Å². The summed E-state index contributed by atoms with van der Waals surface area (Å²) in [6, 6.07) is 4.60. The van der Waals surface area contributed by atoms with Crippen LogP contribution in [0.15, 0.2) is 27.1 Å². The van der Waals surface area contributed by atoms with Gasteiger partial charge in [0.25, 0.3) is 0 Å². The zero-order chi connectivity index (χ0) is 11.5. The average Bonchev–Trinajstić information content (AvgIpc) is 2.71. The molecule has 0 unspecified atom stereocenters. The minimum Gasteiger partial charge on any atom is -0.406 e. The molecule has 0 spiro atoms. The van der Waals surface area contributed by atoms with Gasteiger partial charge in [0.1, 0.15) is 5.82 Å². The number of rotatable bonds is 3. The second-order valence-corrected chi connectivity index (χ2v) is 3.87. The predicted octanol–water partition coefficient (Wildman–Crippen LogP) is 2.17. The number of nitrogens with two attached hydrogens (primary N) is 1. The van der Waals surface area contributed by atoms with Gasteiger partial charge in [-0.1, -0.05) is 21.0 Å². The van der Waals surface area contributed by atoms with Crippen LogP contribution in [0.25, 0.3) is 0 Å². The lowest BCUT2D eigenvalue weighted by Gasteiger charge is -2.02. The van der Waals surface area contributed by atoms with E-state index in [0.717, 1.165) is 4.47 Å². The minimum absolute atomic E-state index is 0.109. The van der Waals surface area contributed by atoms with Crippen LogP contribution >= 0.6 is 15.9 Å². The molecule has 0 aliphatic carbocycles. The van der Waals surface area contributed by atoms with Gasteiger partial charge >= 0.3 is 6.01 Å². The first-order chi connectivity index (χ1) is 7.69. The largest absolute Gasteiger partial charge is 0.406 e. The van der Waals surface area contributed by atoms with Crippen molar-refractivity contribution in [2.24, 2.45) is 5.73 Å². The molecule has 1 heterocycles. The Bertz CT molecular complexity index is 502. The smallest absolute Gasteiger partial charge is 0.320 e. The topological polar surface area (TPSA) is 77.0 Å². The zero-order valence-electron chi connectivity index (χ0n) is 8.08. The number of aromatic nitrogens is 2. The van der Waals surface area contributed by atoms with Crippen molar-refractivity contribution in [2.45, 2.75) is 6.54 Å². The molecule has 2 rings (SSSR count). The highest BCUT2D eigenvalue weighted by molar-refractivity contribution is 9.10. The van der Waals surface area contributed by atoms with Crippen LogP contribution in [0, 0.1) is 5.82 Å². The summed E-state index contributed by atoms with van der Waals surface area (Å²) in [5, 5.41) is 9.97. The lowest BCUT2D eigenvalue weighted by molar-refractivity contribution is 0.510. The number of hydrogen-bond acceptors (Lipinski definition) is 5. The number of hydrogen-bond donors (Lipinski definition) is 2. The molecule has 1 aromatic heterocycles. The Hall–Kier alpha value is -1.47. The first kappa shape index (κ1) is 11.0. The van der Waals surface area contributed by atoms with Crippen LogP contribution in [0.4, 0.5) is 16.1 Å². The molecular weight excluding hydrogens is 279 g/mol. The van der Waals surface area contributed by atoms with Crippen molar-refractivity contribution in [3.8, 4) is 0 Å². The maximum Gasteiger partial charge on any atom is 0.320 e. The molecule has 84 valence electrons. The molecule has 0 aliphatic rings. The van der Waals surface area contributed by atoms with E-state index in [-0.39, 0.29) is 24.1 Å². The predicted molar refractivity (Wildman–Crippen MR) is 59.6 cm³/mol. The molecule has 2 aromatic rings. The summed E-state index contributed by atoms with van der Waals surface area (Å²) in [4.78, 5) is 0. The number of halogens is 2. The first-order valence-corrected chi connectivity index (χ1v) is 5.23. The second-order valence-electron chi connectivity index (χ2n) is 2.95. The SMILES string of the molecule is NCc1nnc(Nc2cc(Br)ccc2F)o1. The standard InChI is InChI=1S/C9H8BrFN4O/c10-5-1-2-6(11)7(3-5)13-9-15-14-8(4-12)16-9/h1-3H,4,12H2,(H,13,15). The van der Waals surface area contributed by atoms with Gasteiger partial charge < -0.3 is 15.5 Å². The summed E-state index contributed by atoms with van der Waals surface area (Å²) >= 11 is 3.24. The molecule has 0 saturated carbocycles. The van der Waals surface area contributed by atoms with E-state index in [1.54, 1.807) is 12.1 Å². The van der Waals surface area contributed by atoms with Crippen molar-refractivity contribution in [1.29, 1.82) is 0 Å². The van der Waals surface area contributed by atoms with Crippen LogP contribution < -0.4 is 11.1 Å². The highest BCUT2D eigenvalue weighted by Gasteiger charge is 2.08. The van der Waals surface area contributed by atoms with E-state index in [4.69, 9.17) is 10.2 Å². The Kier molecular flexibility index (Phi) is 3.16. The van der Waals surface area contributed by atoms with Gasteiger partial charge in [0.15, 0.2) is 0 Å². The lowest BCUT2D eigenvalue weighted by Crippen LogP contribution is -1.95. The molecule has 0 amide bonds. The second kappa shape index (κ2) is 4.58. The van der Waals surface area contributed by atoms with Gasteiger partial charge in [0.05, 0.1) is 12.2 Å². The van der Waals surface area contributed by atoms with E-state index < -0.39 is 5.82 Å². The van der Waals surface area contributed by atoms with Crippen LogP contribution in [0.5, 0.6) is 0 Å². The number of nitrogens with one attached hydrogen (secondary N) is 1. The molecule has 0 fully saturated rings. The van der Waals surface area contributed by atoms with Gasteiger partial charge in [-0.05, 0) is 18.2 Å². The monoisotopic (exact) mass is 286 g/mol.